The predicted octanol–water partition coefficient (Wildman–Crippen LogP) is 4.94. The fourth-order valence-electron chi connectivity index (χ4n) is 2.39. The molecule has 154 valence electrons. The summed E-state index contributed by atoms with van der Waals surface area (Å²) in [5.74, 6) is -0.361. The van der Waals surface area contributed by atoms with Gasteiger partial charge in [0, 0.05) is 15.1 Å². The summed E-state index contributed by atoms with van der Waals surface area (Å²) in [6.45, 7) is 1.86. The molecule has 0 saturated carbocycles. The molecule has 3 rings (SSSR count). The van der Waals surface area contributed by atoms with Crippen LogP contribution in [0.5, 0.6) is 5.75 Å². The van der Waals surface area contributed by atoms with Gasteiger partial charge in [-0.15, -0.1) is 0 Å². The first-order chi connectivity index (χ1) is 14.2. The van der Waals surface area contributed by atoms with E-state index in [4.69, 9.17) is 16.3 Å². The molecule has 0 fully saturated rings. The number of aryl methyl sites for hydroxylation is 1. The number of benzene rings is 3. The first-order valence-corrected chi connectivity index (χ1v) is 11.3. The number of nitrogens with one attached hydrogen (secondary N) is 1. The fourth-order valence-corrected chi connectivity index (χ4v) is 3.69. The number of hydrogen-bond donors (Lipinski definition) is 1. The molecule has 9 heteroatoms. The van der Waals surface area contributed by atoms with Crippen LogP contribution in [0.4, 0.5) is 0 Å². The molecule has 0 aromatic heterocycles. The van der Waals surface area contributed by atoms with Crippen LogP contribution >= 0.6 is 27.5 Å². The summed E-state index contributed by atoms with van der Waals surface area (Å²) < 4.78 is 30.8. The molecule has 6 nitrogen and oxygen atoms in total. The van der Waals surface area contributed by atoms with Crippen molar-refractivity contribution in [3.8, 4) is 5.75 Å². The van der Waals surface area contributed by atoms with Gasteiger partial charge in [0.05, 0.1) is 16.7 Å². The van der Waals surface area contributed by atoms with Crippen LogP contribution < -0.4 is 9.57 Å². The van der Waals surface area contributed by atoms with Crippen molar-refractivity contribution in [2.24, 2.45) is 5.10 Å². The second-order valence-electron chi connectivity index (χ2n) is 6.24. The van der Waals surface area contributed by atoms with Crippen molar-refractivity contribution in [3.63, 3.8) is 0 Å². The molecular formula is C21H16BrClN2O4S. The van der Waals surface area contributed by atoms with E-state index in [1.54, 1.807) is 54.6 Å². The van der Waals surface area contributed by atoms with E-state index in [2.05, 4.69) is 25.9 Å². The van der Waals surface area contributed by atoms with Gasteiger partial charge in [-0.2, -0.15) is 13.5 Å². The second-order valence-corrected chi connectivity index (χ2v) is 9.26. The molecule has 0 spiro atoms. The van der Waals surface area contributed by atoms with E-state index in [0.29, 0.717) is 20.6 Å². The summed E-state index contributed by atoms with van der Waals surface area (Å²) in [6, 6.07) is 17.6. The Bertz CT molecular complexity index is 1190. The Labute approximate surface area is 187 Å². The maximum Gasteiger partial charge on any atom is 0.343 e. The van der Waals surface area contributed by atoms with E-state index >= 15 is 0 Å². The number of nitrogens with zero attached hydrogens (tertiary/aromatic N) is 1. The van der Waals surface area contributed by atoms with Gasteiger partial charge in [0.1, 0.15) is 5.75 Å². The van der Waals surface area contributed by atoms with Crippen LogP contribution in [-0.4, -0.2) is 20.6 Å². The number of esters is 1. The lowest BCUT2D eigenvalue weighted by Crippen LogP contribution is -2.18. The van der Waals surface area contributed by atoms with Gasteiger partial charge >= 0.3 is 5.97 Å². The zero-order valence-electron chi connectivity index (χ0n) is 15.7. The third kappa shape index (κ3) is 5.69. The van der Waals surface area contributed by atoms with E-state index in [9.17, 15) is 13.2 Å². The lowest BCUT2D eigenvalue weighted by molar-refractivity contribution is 0.0734. The van der Waals surface area contributed by atoms with Gasteiger partial charge in [-0.05, 0) is 61.5 Å². The van der Waals surface area contributed by atoms with E-state index in [1.807, 2.05) is 6.92 Å². The number of hydrogen-bond acceptors (Lipinski definition) is 5. The molecule has 0 radical (unpaired) electrons. The molecule has 0 atom stereocenters. The van der Waals surface area contributed by atoms with Crippen molar-refractivity contribution >= 4 is 49.7 Å². The average Bonchev–Trinajstić information content (AvgIpc) is 2.70. The number of hydrazone groups is 1. The van der Waals surface area contributed by atoms with Gasteiger partial charge in [0.25, 0.3) is 10.0 Å². The number of sulfonamides is 1. The van der Waals surface area contributed by atoms with E-state index in [-0.39, 0.29) is 10.6 Å². The molecule has 30 heavy (non-hydrogen) atoms. The maximum atomic E-state index is 12.4. The van der Waals surface area contributed by atoms with Gasteiger partial charge in [0.15, 0.2) is 0 Å². The van der Waals surface area contributed by atoms with Gasteiger partial charge in [0.2, 0.25) is 0 Å². The Kier molecular flexibility index (Phi) is 6.91. The Morgan fingerprint density at radius 1 is 1.07 bits per heavy atom. The first kappa shape index (κ1) is 22.0. The summed E-state index contributed by atoms with van der Waals surface area (Å²) in [7, 11) is -3.82. The third-order valence-corrected chi connectivity index (χ3v) is 5.95. The fraction of sp³-hybridized carbons (Fsp3) is 0.0476. The van der Waals surface area contributed by atoms with Gasteiger partial charge in [-0.1, -0.05) is 45.2 Å². The van der Waals surface area contributed by atoms with Crippen LogP contribution in [-0.2, 0) is 10.0 Å². The van der Waals surface area contributed by atoms with E-state index in [1.165, 1.54) is 18.3 Å². The lowest BCUT2D eigenvalue weighted by atomic mass is 10.2. The van der Waals surface area contributed by atoms with Crippen LogP contribution in [0.2, 0.25) is 5.02 Å². The predicted molar refractivity (Wildman–Crippen MR) is 120 cm³/mol. The molecule has 0 bridgehead atoms. The molecule has 3 aromatic carbocycles. The van der Waals surface area contributed by atoms with Crippen molar-refractivity contribution in [2.75, 3.05) is 0 Å². The Hall–Kier alpha value is -2.68. The van der Waals surface area contributed by atoms with Crippen LogP contribution in [0, 0.1) is 6.92 Å². The highest BCUT2D eigenvalue weighted by Gasteiger charge is 2.14. The lowest BCUT2D eigenvalue weighted by Gasteiger charge is -2.08. The van der Waals surface area contributed by atoms with E-state index in [0.717, 1.165) is 5.56 Å². The standard InChI is InChI=1S/C21H16BrClN2O4S/c1-14-2-9-19(10-3-14)30(27,28)25-24-13-16-12-17(22)6-11-20(16)29-21(26)15-4-7-18(23)8-5-15/h2-13,25H,1H3/b24-13-. The highest BCUT2D eigenvalue weighted by Crippen LogP contribution is 2.23. The Balaban J connectivity index is 1.78. The number of rotatable bonds is 6. The zero-order valence-corrected chi connectivity index (χ0v) is 18.8. The minimum absolute atomic E-state index is 0.0916. The SMILES string of the molecule is Cc1ccc(S(=O)(=O)N/N=C\c2cc(Br)ccc2OC(=O)c2ccc(Cl)cc2)cc1. The van der Waals surface area contributed by atoms with Crippen molar-refractivity contribution in [1.29, 1.82) is 0 Å². The molecule has 3 aromatic rings. The summed E-state index contributed by atoms with van der Waals surface area (Å²) >= 11 is 9.17. The topological polar surface area (TPSA) is 84.8 Å². The normalized spacial score (nSPS) is 11.4. The van der Waals surface area contributed by atoms with Crippen LogP contribution in [0.25, 0.3) is 0 Å². The van der Waals surface area contributed by atoms with Crippen LogP contribution in [0.1, 0.15) is 21.5 Å². The highest BCUT2D eigenvalue weighted by atomic mass is 79.9. The molecular weight excluding hydrogens is 492 g/mol. The van der Waals surface area contributed by atoms with Crippen LogP contribution in [0.15, 0.2) is 81.2 Å². The minimum Gasteiger partial charge on any atom is -0.422 e. The number of halogens is 2. The van der Waals surface area contributed by atoms with E-state index < -0.39 is 16.0 Å². The quantitative estimate of drug-likeness (QED) is 0.222. The molecule has 0 aliphatic rings. The summed E-state index contributed by atoms with van der Waals surface area (Å²) in [5, 5.41) is 4.32. The molecule has 0 unspecified atom stereocenters. The van der Waals surface area contributed by atoms with Crippen molar-refractivity contribution in [1.82, 2.24) is 4.83 Å². The maximum absolute atomic E-state index is 12.4. The molecule has 0 aliphatic carbocycles. The Morgan fingerprint density at radius 2 is 1.73 bits per heavy atom. The van der Waals surface area contributed by atoms with Crippen molar-refractivity contribution in [3.05, 3.63) is 92.9 Å². The second kappa shape index (κ2) is 9.42. The number of ether oxygens (including phenoxy) is 1. The van der Waals surface area contributed by atoms with Gasteiger partial charge < -0.3 is 4.74 Å². The Morgan fingerprint density at radius 3 is 2.40 bits per heavy atom. The smallest absolute Gasteiger partial charge is 0.343 e. The van der Waals surface area contributed by atoms with Crippen molar-refractivity contribution in [2.45, 2.75) is 11.8 Å². The van der Waals surface area contributed by atoms with Crippen molar-refractivity contribution < 1.29 is 17.9 Å². The minimum atomic E-state index is -3.82. The monoisotopic (exact) mass is 506 g/mol. The summed E-state index contributed by atoms with van der Waals surface area (Å²) in [5.41, 5.74) is 1.67. The molecule has 0 amide bonds. The van der Waals surface area contributed by atoms with Gasteiger partial charge in [-0.3, -0.25) is 0 Å². The molecule has 0 aliphatic heterocycles. The average molecular weight is 508 g/mol. The first-order valence-electron chi connectivity index (χ1n) is 8.63. The van der Waals surface area contributed by atoms with Crippen LogP contribution in [0.3, 0.4) is 0 Å². The van der Waals surface area contributed by atoms with Gasteiger partial charge in [-0.25, -0.2) is 9.63 Å². The molecule has 1 N–H and O–H groups in total. The third-order valence-electron chi connectivity index (χ3n) is 3.96. The largest absolute Gasteiger partial charge is 0.422 e. The molecule has 0 heterocycles. The highest BCUT2D eigenvalue weighted by molar-refractivity contribution is 9.10. The number of carbonyl (C=O) groups excluding carboxylic acids is 1. The number of carbonyl (C=O) groups is 1. The zero-order chi connectivity index (χ0) is 21.7. The summed E-state index contributed by atoms with van der Waals surface area (Å²) in [6.07, 6.45) is 1.26. The molecule has 0 saturated heterocycles. The summed E-state index contributed by atoms with van der Waals surface area (Å²) in [4.78, 5) is 14.6.